The normalized spacial score (nSPS) is 10.8. The van der Waals surface area contributed by atoms with E-state index in [0.29, 0.717) is 0 Å². The molecule has 0 unspecified atom stereocenters. The highest BCUT2D eigenvalue weighted by Crippen LogP contribution is 2.21. The highest BCUT2D eigenvalue weighted by atomic mass is 15.0. The first-order chi connectivity index (χ1) is 8.86. The summed E-state index contributed by atoms with van der Waals surface area (Å²) in [6.45, 7) is 5.16. The molecule has 0 saturated heterocycles. The van der Waals surface area contributed by atoms with E-state index in [9.17, 15) is 0 Å². The Morgan fingerprint density at radius 3 is 2.89 bits per heavy atom. The number of allylic oxidation sites excluding steroid dienone is 1. The molecule has 0 aliphatic heterocycles. The van der Waals surface area contributed by atoms with Crippen LogP contribution in [0.15, 0.2) is 36.4 Å². The van der Waals surface area contributed by atoms with Crippen molar-refractivity contribution in [2.45, 2.75) is 33.2 Å². The van der Waals surface area contributed by atoms with Crippen molar-refractivity contribution in [3.8, 4) is 11.8 Å². The van der Waals surface area contributed by atoms with Crippen molar-refractivity contribution in [3.63, 3.8) is 0 Å². The lowest BCUT2D eigenvalue weighted by Gasteiger charge is -2.07. The maximum absolute atomic E-state index is 2.98. The zero-order valence-electron chi connectivity index (χ0n) is 11.1. The number of benzene rings is 1. The van der Waals surface area contributed by atoms with Gasteiger partial charge in [0.2, 0.25) is 0 Å². The van der Waals surface area contributed by atoms with E-state index in [-0.39, 0.29) is 0 Å². The molecule has 1 heterocycles. The van der Waals surface area contributed by atoms with Crippen LogP contribution in [0.25, 0.3) is 17.0 Å². The average Bonchev–Trinajstić information content (AvgIpc) is 2.74. The topological polar surface area (TPSA) is 4.93 Å². The molecule has 0 radical (unpaired) electrons. The maximum atomic E-state index is 2.98. The zero-order chi connectivity index (χ0) is 12.8. The molecule has 0 amide bonds. The standard InChI is InChI=1S/C17H19N/c1-3-5-7-11-16-14-15-10-8-9-12-17(15)18(16)13-6-4-2/h7-12,14H,4,6,13H2,1-2H3/b11-7-. The molecule has 0 aliphatic carbocycles. The summed E-state index contributed by atoms with van der Waals surface area (Å²) >= 11 is 0. The number of hydrogen-bond acceptors (Lipinski definition) is 0. The molecule has 0 bridgehead atoms. The minimum Gasteiger partial charge on any atom is -0.341 e. The van der Waals surface area contributed by atoms with Gasteiger partial charge >= 0.3 is 0 Å². The molecular weight excluding hydrogens is 218 g/mol. The van der Waals surface area contributed by atoms with Crippen LogP contribution in [0.5, 0.6) is 0 Å². The van der Waals surface area contributed by atoms with Gasteiger partial charge in [0.25, 0.3) is 0 Å². The minimum atomic E-state index is 1.07. The third-order valence-electron chi connectivity index (χ3n) is 3.06. The van der Waals surface area contributed by atoms with E-state index in [2.05, 4.69) is 59.7 Å². The van der Waals surface area contributed by atoms with Crippen molar-refractivity contribution in [2.75, 3.05) is 0 Å². The van der Waals surface area contributed by atoms with Gasteiger partial charge in [-0.1, -0.05) is 37.5 Å². The predicted octanol–water partition coefficient (Wildman–Crippen LogP) is 4.48. The summed E-state index contributed by atoms with van der Waals surface area (Å²) in [5.41, 5.74) is 2.56. The van der Waals surface area contributed by atoms with Gasteiger partial charge in [-0.15, -0.1) is 5.92 Å². The van der Waals surface area contributed by atoms with Gasteiger partial charge in [-0.05, 0) is 37.6 Å². The molecule has 0 spiro atoms. The minimum absolute atomic E-state index is 1.07. The Hall–Kier alpha value is -1.94. The number of aromatic nitrogens is 1. The van der Waals surface area contributed by atoms with Gasteiger partial charge in [-0.3, -0.25) is 0 Å². The third-order valence-corrected chi connectivity index (χ3v) is 3.06. The Kier molecular flexibility index (Phi) is 4.25. The highest BCUT2D eigenvalue weighted by molar-refractivity contribution is 5.83. The number of fused-ring (bicyclic) bond motifs is 1. The van der Waals surface area contributed by atoms with Crippen LogP contribution in [0.3, 0.4) is 0 Å². The summed E-state index contributed by atoms with van der Waals surface area (Å²) in [4.78, 5) is 0. The van der Waals surface area contributed by atoms with Crippen LogP contribution in [-0.4, -0.2) is 4.57 Å². The van der Waals surface area contributed by atoms with Gasteiger partial charge in [0, 0.05) is 23.1 Å². The average molecular weight is 237 g/mol. The summed E-state index contributed by atoms with van der Waals surface area (Å²) in [6, 6.07) is 10.8. The van der Waals surface area contributed by atoms with Crippen molar-refractivity contribution in [1.29, 1.82) is 0 Å². The van der Waals surface area contributed by atoms with E-state index in [1.807, 2.05) is 13.0 Å². The summed E-state index contributed by atoms with van der Waals surface area (Å²) in [5.74, 6) is 5.87. The van der Waals surface area contributed by atoms with E-state index in [1.165, 1.54) is 29.4 Å². The molecule has 2 aromatic rings. The second-order valence-corrected chi connectivity index (χ2v) is 4.36. The number of aryl methyl sites for hydroxylation is 1. The van der Waals surface area contributed by atoms with Gasteiger partial charge in [-0.2, -0.15) is 0 Å². The largest absolute Gasteiger partial charge is 0.341 e. The highest BCUT2D eigenvalue weighted by Gasteiger charge is 2.05. The lowest BCUT2D eigenvalue weighted by molar-refractivity contribution is 0.646. The maximum Gasteiger partial charge on any atom is 0.0485 e. The first kappa shape index (κ1) is 12.5. The summed E-state index contributed by atoms with van der Waals surface area (Å²) in [6.07, 6.45) is 6.45. The first-order valence-electron chi connectivity index (χ1n) is 6.54. The van der Waals surface area contributed by atoms with Crippen LogP contribution >= 0.6 is 0 Å². The molecule has 2 rings (SSSR count). The van der Waals surface area contributed by atoms with E-state index in [1.54, 1.807) is 0 Å². The Morgan fingerprint density at radius 1 is 1.28 bits per heavy atom. The van der Waals surface area contributed by atoms with E-state index in [0.717, 1.165) is 6.54 Å². The molecule has 92 valence electrons. The number of nitrogens with zero attached hydrogens (tertiary/aromatic N) is 1. The van der Waals surface area contributed by atoms with Gasteiger partial charge < -0.3 is 4.57 Å². The molecule has 0 fully saturated rings. The van der Waals surface area contributed by atoms with Crippen LogP contribution in [0, 0.1) is 11.8 Å². The second kappa shape index (κ2) is 6.12. The summed E-state index contributed by atoms with van der Waals surface area (Å²) in [7, 11) is 0. The second-order valence-electron chi connectivity index (χ2n) is 4.36. The molecule has 18 heavy (non-hydrogen) atoms. The van der Waals surface area contributed by atoms with Crippen molar-refractivity contribution >= 4 is 17.0 Å². The van der Waals surface area contributed by atoms with Crippen molar-refractivity contribution in [2.24, 2.45) is 0 Å². The van der Waals surface area contributed by atoms with Gasteiger partial charge in [0.05, 0.1) is 0 Å². The van der Waals surface area contributed by atoms with E-state index in [4.69, 9.17) is 0 Å². The number of para-hydroxylation sites is 1. The predicted molar refractivity (Wildman–Crippen MR) is 79.3 cm³/mol. The molecule has 1 aromatic heterocycles. The SMILES string of the molecule is CC#C/C=C\c1cc2ccccc2n1CCCC. The van der Waals surface area contributed by atoms with Gasteiger partial charge in [0.15, 0.2) is 0 Å². The van der Waals surface area contributed by atoms with Crippen molar-refractivity contribution in [3.05, 3.63) is 42.1 Å². The van der Waals surface area contributed by atoms with Gasteiger partial charge in [-0.25, -0.2) is 0 Å². The van der Waals surface area contributed by atoms with Crippen LogP contribution in [0.1, 0.15) is 32.4 Å². The fourth-order valence-corrected chi connectivity index (χ4v) is 2.15. The molecule has 0 saturated carbocycles. The summed E-state index contributed by atoms with van der Waals surface area (Å²) in [5, 5.41) is 1.30. The van der Waals surface area contributed by atoms with Crippen LogP contribution in [0.2, 0.25) is 0 Å². The van der Waals surface area contributed by atoms with Crippen LogP contribution < -0.4 is 0 Å². The van der Waals surface area contributed by atoms with E-state index < -0.39 is 0 Å². The summed E-state index contributed by atoms with van der Waals surface area (Å²) < 4.78 is 2.38. The number of unbranched alkanes of at least 4 members (excludes halogenated alkanes) is 1. The molecule has 0 aliphatic rings. The third kappa shape index (κ3) is 2.65. The Morgan fingerprint density at radius 2 is 2.11 bits per heavy atom. The van der Waals surface area contributed by atoms with E-state index >= 15 is 0 Å². The Balaban J connectivity index is 2.44. The van der Waals surface area contributed by atoms with Crippen molar-refractivity contribution < 1.29 is 0 Å². The number of rotatable bonds is 4. The quantitative estimate of drug-likeness (QED) is 0.691. The lowest BCUT2D eigenvalue weighted by atomic mass is 10.2. The Bertz CT molecular complexity index is 605. The number of hydrogen-bond donors (Lipinski definition) is 0. The zero-order valence-corrected chi connectivity index (χ0v) is 11.1. The fourth-order valence-electron chi connectivity index (χ4n) is 2.15. The smallest absolute Gasteiger partial charge is 0.0485 e. The van der Waals surface area contributed by atoms with Crippen LogP contribution in [-0.2, 0) is 6.54 Å². The first-order valence-corrected chi connectivity index (χ1v) is 6.54. The Labute approximate surface area is 109 Å². The van der Waals surface area contributed by atoms with Gasteiger partial charge in [0.1, 0.15) is 0 Å². The molecule has 1 heteroatoms. The molecular formula is C17H19N. The van der Waals surface area contributed by atoms with Crippen molar-refractivity contribution in [1.82, 2.24) is 4.57 Å². The van der Waals surface area contributed by atoms with Crippen LogP contribution in [0.4, 0.5) is 0 Å². The molecule has 0 atom stereocenters. The molecule has 0 N–H and O–H groups in total. The fraction of sp³-hybridized carbons (Fsp3) is 0.294. The monoisotopic (exact) mass is 237 g/mol. The molecule has 1 nitrogen and oxygen atoms in total. The molecule has 1 aromatic carbocycles. The lowest BCUT2D eigenvalue weighted by Crippen LogP contribution is -1.99.